The molecule has 4 heteroatoms. The second-order valence-electron chi connectivity index (χ2n) is 4.81. The van der Waals surface area contributed by atoms with Crippen LogP contribution in [0.2, 0.25) is 5.02 Å². The highest BCUT2D eigenvalue weighted by Crippen LogP contribution is 2.35. The number of hydrogen-bond donors (Lipinski definition) is 2. The van der Waals surface area contributed by atoms with E-state index in [1.807, 2.05) is 26.1 Å². The third-order valence-corrected chi connectivity index (χ3v) is 3.84. The number of aryl methyl sites for hydroxylation is 1. The van der Waals surface area contributed by atoms with E-state index in [1.54, 1.807) is 7.11 Å². The molecule has 100 valence electrons. The van der Waals surface area contributed by atoms with Gasteiger partial charge in [0.25, 0.3) is 0 Å². The van der Waals surface area contributed by atoms with Crippen LogP contribution < -0.4 is 15.4 Å². The summed E-state index contributed by atoms with van der Waals surface area (Å²) < 4.78 is 5.55. The van der Waals surface area contributed by atoms with Crippen molar-refractivity contribution in [3.05, 3.63) is 28.3 Å². The Morgan fingerprint density at radius 1 is 1.50 bits per heavy atom. The van der Waals surface area contributed by atoms with Crippen LogP contribution in [0.5, 0.6) is 5.75 Å². The second-order valence-corrected chi connectivity index (χ2v) is 5.25. The number of ether oxygens (including phenoxy) is 1. The van der Waals surface area contributed by atoms with Crippen molar-refractivity contribution >= 4 is 11.6 Å². The average molecular weight is 269 g/mol. The highest BCUT2D eigenvalue weighted by molar-refractivity contribution is 6.30. The zero-order chi connectivity index (χ0) is 13.1. The summed E-state index contributed by atoms with van der Waals surface area (Å²) >= 11 is 6.18. The number of benzene rings is 1. The van der Waals surface area contributed by atoms with Crippen LogP contribution in [-0.4, -0.2) is 26.7 Å². The van der Waals surface area contributed by atoms with Gasteiger partial charge in [-0.05, 0) is 51.1 Å². The normalized spacial score (nSPS) is 21.0. The largest absolute Gasteiger partial charge is 0.496 e. The molecule has 2 rings (SSSR count). The van der Waals surface area contributed by atoms with Crippen LogP contribution in [0.3, 0.4) is 0 Å². The molecule has 2 atom stereocenters. The first-order valence-corrected chi connectivity index (χ1v) is 6.80. The molecule has 18 heavy (non-hydrogen) atoms. The van der Waals surface area contributed by atoms with Crippen molar-refractivity contribution in [3.8, 4) is 5.75 Å². The van der Waals surface area contributed by atoms with E-state index in [2.05, 4.69) is 10.6 Å². The van der Waals surface area contributed by atoms with Gasteiger partial charge in [-0.1, -0.05) is 11.6 Å². The summed E-state index contributed by atoms with van der Waals surface area (Å²) in [6.45, 7) is 3.12. The van der Waals surface area contributed by atoms with Gasteiger partial charge in [-0.25, -0.2) is 0 Å². The lowest BCUT2D eigenvalue weighted by Gasteiger charge is -2.26. The van der Waals surface area contributed by atoms with Crippen molar-refractivity contribution in [2.45, 2.75) is 31.8 Å². The maximum absolute atomic E-state index is 6.18. The molecule has 1 aromatic rings. The zero-order valence-corrected chi connectivity index (χ0v) is 12.0. The van der Waals surface area contributed by atoms with Gasteiger partial charge >= 0.3 is 0 Å². The van der Waals surface area contributed by atoms with E-state index in [1.165, 1.54) is 12.8 Å². The molecule has 1 fully saturated rings. The Kier molecular flexibility index (Phi) is 4.49. The zero-order valence-electron chi connectivity index (χ0n) is 11.2. The molecule has 0 aromatic heterocycles. The van der Waals surface area contributed by atoms with Crippen molar-refractivity contribution in [2.75, 3.05) is 20.7 Å². The lowest BCUT2D eigenvalue weighted by atomic mass is 9.95. The van der Waals surface area contributed by atoms with E-state index in [4.69, 9.17) is 16.3 Å². The lowest BCUT2D eigenvalue weighted by Crippen LogP contribution is -2.36. The minimum atomic E-state index is 0.236. The fourth-order valence-corrected chi connectivity index (χ4v) is 3.12. The van der Waals surface area contributed by atoms with Crippen LogP contribution in [0.15, 0.2) is 12.1 Å². The third-order valence-electron chi connectivity index (χ3n) is 3.62. The van der Waals surface area contributed by atoms with Gasteiger partial charge in [0.15, 0.2) is 0 Å². The fourth-order valence-electron chi connectivity index (χ4n) is 2.84. The second kappa shape index (κ2) is 5.91. The van der Waals surface area contributed by atoms with Gasteiger partial charge in [-0.15, -0.1) is 0 Å². The van der Waals surface area contributed by atoms with Crippen molar-refractivity contribution < 1.29 is 4.74 Å². The van der Waals surface area contributed by atoms with E-state index in [0.29, 0.717) is 6.04 Å². The number of hydrogen-bond acceptors (Lipinski definition) is 3. The molecule has 0 radical (unpaired) electrons. The number of rotatable bonds is 4. The van der Waals surface area contributed by atoms with Gasteiger partial charge in [0, 0.05) is 16.6 Å². The Balaban J connectivity index is 2.39. The first kappa shape index (κ1) is 13.7. The van der Waals surface area contributed by atoms with Gasteiger partial charge in [0.05, 0.1) is 13.2 Å². The molecule has 1 aliphatic heterocycles. The molecule has 1 aliphatic rings. The molecule has 3 nitrogen and oxygen atoms in total. The molecular formula is C14H21ClN2O. The van der Waals surface area contributed by atoms with E-state index in [9.17, 15) is 0 Å². The van der Waals surface area contributed by atoms with E-state index < -0.39 is 0 Å². The molecule has 0 aliphatic carbocycles. The molecule has 2 N–H and O–H groups in total. The number of halogens is 1. The Hall–Kier alpha value is -0.770. The van der Waals surface area contributed by atoms with Gasteiger partial charge in [-0.2, -0.15) is 0 Å². The first-order valence-electron chi connectivity index (χ1n) is 6.42. The summed E-state index contributed by atoms with van der Waals surface area (Å²) in [6.07, 6.45) is 2.41. The smallest absolute Gasteiger partial charge is 0.126 e. The van der Waals surface area contributed by atoms with Crippen molar-refractivity contribution in [1.29, 1.82) is 0 Å². The minimum absolute atomic E-state index is 0.236. The summed E-state index contributed by atoms with van der Waals surface area (Å²) in [5, 5.41) is 7.69. The highest BCUT2D eigenvalue weighted by atomic mass is 35.5. The Morgan fingerprint density at radius 2 is 2.28 bits per heavy atom. The number of likely N-dealkylation sites (N-methyl/N-ethyl adjacent to an activating group) is 1. The van der Waals surface area contributed by atoms with Gasteiger partial charge < -0.3 is 15.4 Å². The predicted molar refractivity (Wildman–Crippen MR) is 75.6 cm³/mol. The average Bonchev–Trinajstić information content (AvgIpc) is 2.83. The molecular weight excluding hydrogens is 248 g/mol. The topological polar surface area (TPSA) is 33.3 Å². The molecule has 0 spiro atoms. The lowest BCUT2D eigenvalue weighted by molar-refractivity contribution is 0.380. The first-order chi connectivity index (χ1) is 8.67. The summed E-state index contributed by atoms with van der Waals surface area (Å²) in [7, 11) is 3.70. The van der Waals surface area contributed by atoms with Gasteiger partial charge in [0.1, 0.15) is 5.75 Å². The molecule has 1 heterocycles. The highest BCUT2D eigenvalue weighted by Gasteiger charge is 2.27. The molecule has 2 unspecified atom stereocenters. The van der Waals surface area contributed by atoms with Crippen molar-refractivity contribution in [1.82, 2.24) is 10.6 Å². The van der Waals surface area contributed by atoms with Gasteiger partial charge in [0.2, 0.25) is 0 Å². The van der Waals surface area contributed by atoms with E-state index in [0.717, 1.165) is 28.4 Å². The SMILES string of the molecule is CNC(c1cc(Cl)cc(C)c1OC)C1CCCN1. The standard InChI is InChI=1S/C14H21ClN2O/c1-9-7-10(15)8-11(14(9)18-3)13(16-2)12-5-4-6-17-12/h7-8,12-13,16-17H,4-6H2,1-3H3. The third kappa shape index (κ3) is 2.63. The molecule has 0 saturated carbocycles. The van der Waals surface area contributed by atoms with Crippen LogP contribution in [0.1, 0.15) is 30.0 Å². The summed E-state index contributed by atoms with van der Waals surface area (Å²) in [6, 6.07) is 4.63. The maximum atomic E-state index is 6.18. The van der Waals surface area contributed by atoms with E-state index in [-0.39, 0.29) is 6.04 Å². The quantitative estimate of drug-likeness (QED) is 0.881. The maximum Gasteiger partial charge on any atom is 0.126 e. The molecule has 0 amide bonds. The van der Waals surface area contributed by atoms with Crippen molar-refractivity contribution in [2.24, 2.45) is 0 Å². The predicted octanol–water partition coefficient (Wildman–Crippen LogP) is 2.67. The summed E-state index contributed by atoms with van der Waals surface area (Å²) in [5.41, 5.74) is 2.22. The molecule has 0 bridgehead atoms. The van der Waals surface area contributed by atoms with E-state index >= 15 is 0 Å². The molecule has 1 saturated heterocycles. The monoisotopic (exact) mass is 268 g/mol. The number of nitrogens with one attached hydrogen (secondary N) is 2. The molecule has 1 aromatic carbocycles. The Morgan fingerprint density at radius 3 is 2.83 bits per heavy atom. The van der Waals surface area contributed by atoms with Crippen molar-refractivity contribution in [3.63, 3.8) is 0 Å². The number of methoxy groups -OCH3 is 1. The summed E-state index contributed by atoms with van der Waals surface area (Å²) in [4.78, 5) is 0. The van der Waals surface area contributed by atoms with Crippen LogP contribution >= 0.6 is 11.6 Å². The van der Waals surface area contributed by atoms with Gasteiger partial charge in [-0.3, -0.25) is 0 Å². The summed E-state index contributed by atoms with van der Waals surface area (Å²) in [5.74, 6) is 0.937. The van der Waals surface area contributed by atoms with Crippen LogP contribution in [0, 0.1) is 6.92 Å². The Labute approximate surface area is 114 Å². The fraction of sp³-hybridized carbons (Fsp3) is 0.571. The minimum Gasteiger partial charge on any atom is -0.496 e. The Bertz CT molecular complexity index is 417. The van der Waals surface area contributed by atoms with Crippen LogP contribution in [0.4, 0.5) is 0 Å². The van der Waals surface area contributed by atoms with Crippen LogP contribution in [0.25, 0.3) is 0 Å². The van der Waals surface area contributed by atoms with Crippen LogP contribution in [-0.2, 0) is 0 Å².